The Morgan fingerprint density at radius 2 is 1.40 bits per heavy atom. The third kappa shape index (κ3) is 6.08. The summed E-state index contributed by atoms with van der Waals surface area (Å²) in [5.41, 5.74) is 0.591. The van der Waals surface area contributed by atoms with E-state index in [2.05, 4.69) is 67.7 Å². The molecule has 1 saturated heterocycles. The van der Waals surface area contributed by atoms with Gasteiger partial charge in [-0.25, -0.2) is 0 Å². The molecule has 1 aliphatic rings. The Hall–Kier alpha value is -0.437. The molecule has 0 N–H and O–H groups in total. The number of benzene rings is 1. The minimum absolute atomic E-state index is 0.00594. The first-order valence-electron chi connectivity index (χ1n) is 10.8. The molecular formula is C23H40O4SeSi2. The maximum absolute atomic E-state index is 12.8. The van der Waals surface area contributed by atoms with Gasteiger partial charge < -0.3 is 0 Å². The number of hydrogen-bond donors (Lipinski definition) is 0. The summed E-state index contributed by atoms with van der Waals surface area (Å²) in [4.78, 5) is 12.8. The zero-order chi connectivity index (χ0) is 23.0. The Morgan fingerprint density at radius 3 is 1.90 bits per heavy atom. The first kappa shape index (κ1) is 25.8. The third-order valence-electron chi connectivity index (χ3n) is 6.78. The van der Waals surface area contributed by atoms with Crippen LogP contribution in [0.25, 0.3) is 0 Å². The predicted molar refractivity (Wildman–Crippen MR) is 130 cm³/mol. The Labute approximate surface area is 191 Å². The molecule has 1 fully saturated rings. The predicted octanol–water partition coefficient (Wildman–Crippen LogP) is 6.09. The number of rotatable bonds is 6. The quantitative estimate of drug-likeness (QED) is 0.340. The molecule has 0 aliphatic carbocycles. The van der Waals surface area contributed by atoms with Gasteiger partial charge in [0.05, 0.1) is 0 Å². The van der Waals surface area contributed by atoms with Crippen molar-refractivity contribution in [3.63, 3.8) is 0 Å². The van der Waals surface area contributed by atoms with Crippen molar-refractivity contribution in [1.29, 1.82) is 0 Å². The molecule has 1 aliphatic heterocycles. The van der Waals surface area contributed by atoms with Crippen LogP contribution >= 0.6 is 0 Å². The maximum atomic E-state index is 12.8. The van der Waals surface area contributed by atoms with Gasteiger partial charge in [-0.2, -0.15) is 0 Å². The fraction of sp³-hybridized carbons (Fsp3) is 0.696. The van der Waals surface area contributed by atoms with Gasteiger partial charge >= 0.3 is 192 Å². The summed E-state index contributed by atoms with van der Waals surface area (Å²) in [6.07, 6.45) is -0.193. The molecule has 0 radical (unpaired) electrons. The summed E-state index contributed by atoms with van der Waals surface area (Å²) in [5.74, 6) is -0.265. The van der Waals surface area contributed by atoms with Crippen molar-refractivity contribution in [2.24, 2.45) is 0 Å². The van der Waals surface area contributed by atoms with E-state index in [0.29, 0.717) is 5.56 Å². The molecule has 1 unspecified atom stereocenters. The molecule has 2 rings (SSSR count). The zero-order valence-corrected chi connectivity index (χ0v) is 24.1. The summed E-state index contributed by atoms with van der Waals surface area (Å²) in [6, 6.07) is 9.24. The van der Waals surface area contributed by atoms with Crippen molar-refractivity contribution in [2.45, 2.75) is 100 Å². The van der Waals surface area contributed by atoms with Crippen molar-refractivity contribution in [2.75, 3.05) is 0 Å². The molecule has 0 spiro atoms. The van der Waals surface area contributed by atoms with Gasteiger partial charge in [-0.05, 0) is 0 Å². The van der Waals surface area contributed by atoms with Gasteiger partial charge in [0.25, 0.3) is 0 Å². The van der Waals surface area contributed by atoms with Gasteiger partial charge in [0.1, 0.15) is 0 Å². The number of carbonyl (C=O) groups is 1. The molecule has 3 atom stereocenters. The topological polar surface area (TPSA) is 44.8 Å². The van der Waals surface area contributed by atoms with E-state index >= 15 is 0 Å². The molecule has 4 nitrogen and oxygen atoms in total. The number of ether oxygens (including phenoxy) is 1. The molecule has 30 heavy (non-hydrogen) atoms. The molecule has 1 heterocycles. The van der Waals surface area contributed by atoms with Gasteiger partial charge in [-0.1, -0.05) is 0 Å². The normalized spacial score (nSPS) is 23.5. The van der Waals surface area contributed by atoms with Crippen molar-refractivity contribution in [3.05, 3.63) is 35.9 Å². The zero-order valence-electron chi connectivity index (χ0n) is 20.4. The van der Waals surface area contributed by atoms with E-state index in [0.717, 1.165) is 5.32 Å². The van der Waals surface area contributed by atoms with Crippen LogP contribution in [0, 0.1) is 0 Å². The SMILES string of the molecule is CC(C)(C)[Si](C)(C)O[C@H]1C[Se]C(OC(=O)c2ccccc2)[C@@H]1O[Si](C)(C)C(C)(C)C. The van der Waals surface area contributed by atoms with Crippen LogP contribution in [0.5, 0.6) is 0 Å². The molecular weight excluding hydrogens is 475 g/mol. The second-order valence-electron chi connectivity index (χ2n) is 11.2. The van der Waals surface area contributed by atoms with E-state index in [4.69, 9.17) is 13.6 Å². The van der Waals surface area contributed by atoms with E-state index < -0.39 is 16.6 Å². The summed E-state index contributed by atoms with van der Waals surface area (Å²) in [5, 5.41) is 0.915. The van der Waals surface area contributed by atoms with E-state index in [1.54, 1.807) is 12.1 Å². The molecule has 0 amide bonds. The van der Waals surface area contributed by atoms with Gasteiger partial charge in [-0.3, -0.25) is 0 Å². The van der Waals surface area contributed by atoms with Crippen LogP contribution in [0.1, 0.15) is 51.9 Å². The van der Waals surface area contributed by atoms with Crippen LogP contribution < -0.4 is 0 Å². The minimum atomic E-state index is -2.05. The van der Waals surface area contributed by atoms with Gasteiger partial charge in [0, 0.05) is 0 Å². The third-order valence-corrected chi connectivity index (χ3v) is 18.3. The van der Waals surface area contributed by atoms with Gasteiger partial charge in [0.15, 0.2) is 0 Å². The Morgan fingerprint density at radius 1 is 0.900 bits per heavy atom. The van der Waals surface area contributed by atoms with Crippen molar-refractivity contribution in [1.82, 2.24) is 0 Å². The summed E-state index contributed by atoms with van der Waals surface area (Å²) >= 11 is 0.129. The summed E-state index contributed by atoms with van der Waals surface area (Å²) in [6.45, 7) is 22.6. The number of hydrogen-bond acceptors (Lipinski definition) is 4. The fourth-order valence-corrected chi connectivity index (χ4v) is 8.38. The fourth-order valence-electron chi connectivity index (χ4n) is 2.71. The molecule has 0 bridgehead atoms. The molecule has 7 heteroatoms. The van der Waals surface area contributed by atoms with Gasteiger partial charge in [-0.15, -0.1) is 0 Å². The second-order valence-corrected chi connectivity index (χ2v) is 23.1. The Balaban J connectivity index is 2.27. The van der Waals surface area contributed by atoms with E-state index in [1.165, 1.54) is 0 Å². The first-order valence-corrected chi connectivity index (χ1v) is 18.8. The monoisotopic (exact) mass is 516 g/mol. The van der Waals surface area contributed by atoms with Crippen LogP contribution in [0.4, 0.5) is 0 Å². The van der Waals surface area contributed by atoms with Crippen LogP contribution in [0.15, 0.2) is 30.3 Å². The average molecular weight is 516 g/mol. The molecule has 1 aromatic rings. The molecule has 1 aromatic carbocycles. The Bertz CT molecular complexity index is 723. The molecule has 0 saturated carbocycles. The molecule has 170 valence electrons. The summed E-state index contributed by atoms with van der Waals surface area (Å²) < 4.78 is 19.7. The van der Waals surface area contributed by atoms with E-state index in [-0.39, 0.29) is 48.2 Å². The second kappa shape index (κ2) is 9.20. The standard InChI is InChI=1S/C23H40O4SeSi2/c1-22(2,3)29(7,8)26-18-16-28-21(19(18)27-30(9,10)23(4,5)6)25-20(24)17-14-12-11-13-15-17/h11-15,18-19,21H,16H2,1-10H3/t18-,19+,21?/m0/s1. The van der Waals surface area contributed by atoms with Crippen molar-refractivity contribution >= 4 is 37.6 Å². The first-order chi connectivity index (χ1) is 13.6. The Kier molecular flexibility index (Phi) is 7.92. The van der Waals surface area contributed by atoms with Gasteiger partial charge in [0.2, 0.25) is 0 Å². The average Bonchev–Trinajstić information content (AvgIpc) is 2.94. The van der Waals surface area contributed by atoms with Crippen LogP contribution in [-0.2, 0) is 13.6 Å². The van der Waals surface area contributed by atoms with Crippen LogP contribution in [0.2, 0.25) is 41.6 Å². The number of esters is 1. The van der Waals surface area contributed by atoms with E-state index in [1.807, 2.05) is 18.2 Å². The molecule has 0 aromatic heterocycles. The number of carbonyl (C=O) groups excluding carboxylic acids is 1. The van der Waals surface area contributed by atoms with Crippen molar-refractivity contribution in [3.8, 4) is 0 Å². The van der Waals surface area contributed by atoms with Crippen LogP contribution in [0.3, 0.4) is 0 Å². The summed E-state index contributed by atoms with van der Waals surface area (Å²) in [7, 11) is -4.01. The van der Waals surface area contributed by atoms with Crippen LogP contribution in [-0.4, -0.2) is 54.8 Å². The van der Waals surface area contributed by atoms with E-state index in [9.17, 15) is 4.79 Å². The van der Waals surface area contributed by atoms with Crippen molar-refractivity contribution < 1.29 is 18.4 Å².